The van der Waals surface area contributed by atoms with Gasteiger partial charge in [0.1, 0.15) is 4.91 Å². The van der Waals surface area contributed by atoms with Gasteiger partial charge in [-0.05, 0) is 134 Å². The van der Waals surface area contributed by atoms with Crippen LogP contribution in [0.3, 0.4) is 0 Å². The number of ketones is 1. The Labute approximate surface area is 211 Å². The third-order valence-electron chi connectivity index (χ3n) is 4.10. The molecule has 148 valence electrons. The first-order valence-corrected chi connectivity index (χ1v) is 13.4. The fourth-order valence-electron chi connectivity index (χ4n) is 2.63. The van der Waals surface area contributed by atoms with E-state index in [0.717, 1.165) is 10.7 Å². The van der Waals surface area contributed by atoms with Crippen molar-refractivity contribution in [1.29, 1.82) is 0 Å². The number of carbonyl (C=O) groups excluding carboxylic acids is 1. The molecule has 3 aromatic carbocycles. The average Bonchev–Trinajstić information content (AvgIpc) is 2.69. The number of rotatable bonds is 6. The number of halogens is 3. The van der Waals surface area contributed by atoms with Crippen LogP contribution >= 0.6 is 67.8 Å². The fourth-order valence-corrected chi connectivity index (χ4v) is 5.21. The van der Waals surface area contributed by atoms with Crippen molar-refractivity contribution in [1.82, 2.24) is 0 Å². The zero-order valence-corrected chi connectivity index (χ0v) is 22.3. The molecule has 0 saturated heterocycles. The molecule has 0 heterocycles. The van der Waals surface area contributed by atoms with Crippen LogP contribution in [0.15, 0.2) is 77.7 Å². The van der Waals surface area contributed by atoms with Crippen LogP contribution in [0, 0.1) is 10.7 Å². The third kappa shape index (κ3) is 6.34. The van der Waals surface area contributed by atoms with E-state index in [1.54, 1.807) is 36.4 Å². The molecule has 3 nitrogen and oxygen atoms in total. The molecule has 0 radical (unpaired) electrons. The summed E-state index contributed by atoms with van der Waals surface area (Å²) in [5.74, 6) is -0.721. The molecule has 0 spiro atoms. The van der Waals surface area contributed by atoms with Gasteiger partial charge in [-0.2, -0.15) is 0 Å². The summed E-state index contributed by atoms with van der Waals surface area (Å²) in [5, 5.41) is 0. The molecule has 0 unspecified atom stereocenters. The minimum Gasteiger partial charge on any atom is -0.288 e. The SMILES string of the molecule is O=C(/C(=C\c1ccc(I)cc1)S(=O)(=O)Cc1ccc(I)cc1)c1ccc(I)cc1. The van der Waals surface area contributed by atoms with Gasteiger partial charge in [0.25, 0.3) is 0 Å². The van der Waals surface area contributed by atoms with E-state index >= 15 is 0 Å². The van der Waals surface area contributed by atoms with E-state index in [-0.39, 0.29) is 10.7 Å². The van der Waals surface area contributed by atoms with Crippen LogP contribution < -0.4 is 0 Å². The molecule has 0 N–H and O–H groups in total. The van der Waals surface area contributed by atoms with Crippen molar-refractivity contribution in [2.75, 3.05) is 0 Å². The lowest BCUT2D eigenvalue weighted by atomic mass is 10.1. The van der Waals surface area contributed by atoms with Crippen LogP contribution in [0.2, 0.25) is 0 Å². The van der Waals surface area contributed by atoms with Gasteiger partial charge >= 0.3 is 0 Å². The minimum absolute atomic E-state index is 0.196. The Morgan fingerprint density at radius 1 is 0.724 bits per heavy atom. The van der Waals surface area contributed by atoms with Gasteiger partial charge in [-0.15, -0.1) is 0 Å². The number of carbonyl (C=O) groups is 1. The maximum Gasteiger partial charge on any atom is 0.204 e. The van der Waals surface area contributed by atoms with Crippen LogP contribution in [0.1, 0.15) is 21.5 Å². The molecule has 0 fully saturated rings. The number of hydrogen-bond donors (Lipinski definition) is 0. The second kappa shape index (κ2) is 10.0. The first-order chi connectivity index (χ1) is 13.7. The van der Waals surface area contributed by atoms with E-state index < -0.39 is 15.6 Å². The van der Waals surface area contributed by atoms with Crippen molar-refractivity contribution >= 4 is 89.5 Å². The van der Waals surface area contributed by atoms with Crippen molar-refractivity contribution in [2.24, 2.45) is 0 Å². The highest BCUT2D eigenvalue weighted by Gasteiger charge is 2.26. The molecular formula is C22H15I3O3S. The lowest BCUT2D eigenvalue weighted by Gasteiger charge is -2.10. The van der Waals surface area contributed by atoms with Crippen molar-refractivity contribution in [3.63, 3.8) is 0 Å². The van der Waals surface area contributed by atoms with Gasteiger partial charge < -0.3 is 0 Å². The van der Waals surface area contributed by atoms with Gasteiger partial charge in [0.2, 0.25) is 5.78 Å². The second-order valence-corrected chi connectivity index (χ2v) is 12.0. The summed E-state index contributed by atoms with van der Waals surface area (Å²) in [5.41, 5.74) is 1.67. The van der Waals surface area contributed by atoms with Gasteiger partial charge in [-0.1, -0.05) is 24.3 Å². The number of hydrogen-bond acceptors (Lipinski definition) is 3. The van der Waals surface area contributed by atoms with Crippen molar-refractivity contribution in [3.05, 3.63) is 105 Å². The van der Waals surface area contributed by atoms with E-state index in [9.17, 15) is 13.2 Å². The standard InChI is InChI=1S/C22H15I3O3S/c23-18-7-1-15(2-8-18)13-21(22(26)17-5-11-20(25)12-6-17)29(27,28)14-16-3-9-19(24)10-4-16/h1-13H,14H2/b21-13+. The van der Waals surface area contributed by atoms with Gasteiger partial charge in [-0.3, -0.25) is 4.79 Å². The van der Waals surface area contributed by atoms with E-state index in [2.05, 4.69) is 67.8 Å². The predicted molar refractivity (Wildman–Crippen MR) is 142 cm³/mol. The molecule has 3 aromatic rings. The molecule has 0 saturated carbocycles. The summed E-state index contributed by atoms with van der Waals surface area (Å²) in [6.07, 6.45) is 1.47. The van der Waals surface area contributed by atoms with E-state index in [1.165, 1.54) is 6.08 Å². The van der Waals surface area contributed by atoms with Crippen LogP contribution in [-0.2, 0) is 15.6 Å². The molecule has 0 aliphatic heterocycles. The van der Waals surface area contributed by atoms with Crippen LogP contribution in [0.4, 0.5) is 0 Å². The smallest absolute Gasteiger partial charge is 0.204 e. The minimum atomic E-state index is -3.85. The largest absolute Gasteiger partial charge is 0.288 e. The Kier molecular flexibility index (Phi) is 7.90. The lowest BCUT2D eigenvalue weighted by Crippen LogP contribution is -2.16. The molecule has 7 heteroatoms. The lowest BCUT2D eigenvalue weighted by molar-refractivity contribution is 0.104. The summed E-state index contributed by atoms with van der Waals surface area (Å²) >= 11 is 6.50. The number of Topliss-reactive ketones (excluding diaryl/α,β-unsaturated/α-hetero) is 1. The van der Waals surface area contributed by atoms with Crippen LogP contribution in [-0.4, -0.2) is 14.2 Å². The highest BCUT2D eigenvalue weighted by atomic mass is 127. The summed E-state index contributed by atoms with van der Waals surface area (Å²) < 4.78 is 29.5. The Morgan fingerprint density at radius 3 is 1.69 bits per heavy atom. The van der Waals surface area contributed by atoms with E-state index in [0.29, 0.717) is 16.7 Å². The molecule has 0 aliphatic rings. The molecule has 3 rings (SSSR count). The van der Waals surface area contributed by atoms with Gasteiger partial charge in [0.15, 0.2) is 9.84 Å². The maximum atomic E-state index is 13.2. The summed E-state index contributed by atoms with van der Waals surface area (Å²) in [6.45, 7) is 0. The fraction of sp³-hybridized carbons (Fsp3) is 0.0455. The first-order valence-electron chi connectivity index (χ1n) is 8.49. The Balaban J connectivity index is 2.05. The van der Waals surface area contributed by atoms with Crippen molar-refractivity contribution in [2.45, 2.75) is 5.75 Å². The van der Waals surface area contributed by atoms with Crippen LogP contribution in [0.5, 0.6) is 0 Å². The van der Waals surface area contributed by atoms with Gasteiger partial charge in [0, 0.05) is 16.3 Å². The van der Waals surface area contributed by atoms with Crippen molar-refractivity contribution < 1.29 is 13.2 Å². The topological polar surface area (TPSA) is 51.2 Å². The first kappa shape index (κ1) is 22.9. The zero-order chi connectivity index (χ0) is 21.0. The molecule has 0 atom stereocenters. The molecule has 0 bridgehead atoms. The molecule has 0 aromatic heterocycles. The summed E-state index contributed by atoms with van der Waals surface area (Å²) in [6, 6.07) is 21.5. The highest BCUT2D eigenvalue weighted by Crippen LogP contribution is 2.23. The Hall–Kier alpha value is -0.790. The van der Waals surface area contributed by atoms with E-state index in [4.69, 9.17) is 0 Å². The zero-order valence-electron chi connectivity index (χ0n) is 15.0. The molecule has 0 amide bonds. The monoisotopic (exact) mass is 740 g/mol. The quantitative estimate of drug-likeness (QED) is 0.169. The molecule has 29 heavy (non-hydrogen) atoms. The maximum absolute atomic E-state index is 13.2. The second-order valence-electron chi connectivity index (χ2n) is 6.28. The van der Waals surface area contributed by atoms with Gasteiger partial charge in [-0.25, -0.2) is 8.42 Å². The van der Waals surface area contributed by atoms with Gasteiger partial charge in [0.05, 0.1) is 5.75 Å². The Morgan fingerprint density at radius 2 is 1.17 bits per heavy atom. The molecular weight excluding hydrogens is 725 g/mol. The van der Waals surface area contributed by atoms with E-state index in [1.807, 2.05) is 36.4 Å². The summed E-state index contributed by atoms with van der Waals surface area (Å²) in [7, 11) is -3.85. The normalized spacial score (nSPS) is 12.0. The number of allylic oxidation sites excluding steroid dienone is 1. The summed E-state index contributed by atoms with van der Waals surface area (Å²) in [4.78, 5) is 13.0. The predicted octanol–water partition coefficient (Wildman–Crippen LogP) is 6.34. The van der Waals surface area contributed by atoms with Crippen LogP contribution in [0.25, 0.3) is 6.08 Å². The molecule has 0 aliphatic carbocycles. The highest BCUT2D eigenvalue weighted by molar-refractivity contribution is 14.1. The van der Waals surface area contributed by atoms with Crippen molar-refractivity contribution in [3.8, 4) is 0 Å². The Bertz CT molecular complexity index is 1150. The third-order valence-corrected chi connectivity index (χ3v) is 7.95. The average molecular weight is 740 g/mol. The number of benzene rings is 3. The number of sulfone groups is 1.